The van der Waals surface area contributed by atoms with Gasteiger partial charge in [-0.25, -0.2) is 0 Å². The Kier molecular flexibility index (Phi) is 12.6. The summed E-state index contributed by atoms with van der Waals surface area (Å²) >= 11 is 5.85. The molecule has 4 nitrogen and oxygen atoms in total. The molecule has 1 rings (SSSR count). The van der Waals surface area contributed by atoms with E-state index in [-0.39, 0.29) is 0 Å². The molecular formula is C16H32ClNO3. The molecule has 1 aliphatic rings. The average Bonchev–Trinajstić information content (AvgIpc) is 2.43. The summed E-state index contributed by atoms with van der Waals surface area (Å²) in [7, 11) is 0. The van der Waals surface area contributed by atoms with Crippen LogP contribution in [0.25, 0.3) is 0 Å². The molecule has 0 bridgehead atoms. The number of halogens is 1. The van der Waals surface area contributed by atoms with Gasteiger partial charge in [0.2, 0.25) is 0 Å². The van der Waals surface area contributed by atoms with E-state index >= 15 is 0 Å². The lowest BCUT2D eigenvalue weighted by Gasteiger charge is -2.37. The van der Waals surface area contributed by atoms with E-state index in [0.29, 0.717) is 32.3 Å². The summed E-state index contributed by atoms with van der Waals surface area (Å²) in [6, 6.07) is 0.740. The van der Waals surface area contributed by atoms with E-state index in [1.54, 1.807) is 0 Å². The molecule has 21 heavy (non-hydrogen) atoms. The van der Waals surface area contributed by atoms with Crippen molar-refractivity contribution in [3.8, 4) is 0 Å². The molecule has 126 valence electrons. The second-order valence-electron chi connectivity index (χ2n) is 5.50. The molecule has 0 aromatic rings. The van der Waals surface area contributed by atoms with Crippen molar-refractivity contribution in [2.24, 2.45) is 0 Å². The van der Waals surface area contributed by atoms with Crippen LogP contribution in [0.4, 0.5) is 0 Å². The fourth-order valence-corrected chi connectivity index (χ4v) is 2.52. The monoisotopic (exact) mass is 321 g/mol. The summed E-state index contributed by atoms with van der Waals surface area (Å²) in [5, 5.41) is 0. The number of unbranched alkanes of at least 4 members (excludes halogenated alkanes) is 1. The highest BCUT2D eigenvalue weighted by molar-refractivity contribution is 6.18. The van der Waals surface area contributed by atoms with Gasteiger partial charge in [0.05, 0.1) is 33.0 Å². The van der Waals surface area contributed by atoms with Crippen LogP contribution in [0.5, 0.6) is 0 Å². The van der Waals surface area contributed by atoms with Crippen LogP contribution in [0.3, 0.4) is 0 Å². The number of rotatable bonds is 15. The van der Waals surface area contributed by atoms with Crippen LogP contribution < -0.4 is 0 Å². The van der Waals surface area contributed by atoms with Gasteiger partial charge in [-0.3, -0.25) is 4.90 Å². The maximum atomic E-state index is 5.85. The van der Waals surface area contributed by atoms with Gasteiger partial charge in [0, 0.05) is 31.6 Å². The minimum absolute atomic E-state index is 0.649. The fourth-order valence-electron chi connectivity index (χ4n) is 2.31. The first-order valence-electron chi connectivity index (χ1n) is 8.41. The van der Waals surface area contributed by atoms with Crippen molar-refractivity contribution in [2.45, 2.75) is 45.1 Å². The third-order valence-corrected chi connectivity index (χ3v) is 4.04. The highest BCUT2D eigenvalue weighted by atomic mass is 35.5. The molecule has 0 aliphatic heterocycles. The molecule has 0 atom stereocenters. The topological polar surface area (TPSA) is 30.9 Å². The fraction of sp³-hybridized carbons (Fsp3) is 1.00. The molecule has 1 saturated carbocycles. The maximum absolute atomic E-state index is 5.85. The maximum Gasteiger partial charge on any atom is 0.0701 e. The minimum Gasteiger partial charge on any atom is -0.379 e. The molecule has 0 aromatic heterocycles. The molecule has 0 saturated heterocycles. The van der Waals surface area contributed by atoms with E-state index in [4.69, 9.17) is 25.8 Å². The predicted molar refractivity (Wildman–Crippen MR) is 87.3 cm³/mol. The van der Waals surface area contributed by atoms with Crippen LogP contribution in [0.2, 0.25) is 0 Å². The Morgan fingerprint density at radius 3 is 2.05 bits per heavy atom. The van der Waals surface area contributed by atoms with Crippen LogP contribution in [0, 0.1) is 0 Å². The van der Waals surface area contributed by atoms with E-state index in [2.05, 4.69) is 11.8 Å². The van der Waals surface area contributed by atoms with Crippen molar-refractivity contribution < 1.29 is 14.2 Å². The van der Waals surface area contributed by atoms with Crippen LogP contribution in [0.15, 0.2) is 0 Å². The lowest BCUT2D eigenvalue weighted by molar-refractivity contribution is 0.00561. The van der Waals surface area contributed by atoms with Crippen molar-refractivity contribution in [3.05, 3.63) is 0 Å². The number of hydrogen-bond acceptors (Lipinski definition) is 4. The first-order valence-corrected chi connectivity index (χ1v) is 8.95. The predicted octanol–water partition coefficient (Wildman–Crippen LogP) is 2.93. The SMILES string of the molecule is CCCCOCCOCCOCCN(CCCl)C1CCC1. The largest absolute Gasteiger partial charge is 0.379 e. The van der Waals surface area contributed by atoms with Crippen molar-refractivity contribution in [2.75, 3.05) is 58.6 Å². The third-order valence-electron chi connectivity index (χ3n) is 3.87. The third kappa shape index (κ3) is 9.69. The zero-order chi connectivity index (χ0) is 15.2. The highest BCUT2D eigenvalue weighted by Gasteiger charge is 2.23. The number of alkyl halides is 1. The molecular weight excluding hydrogens is 290 g/mol. The Morgan fingerprint density at radius 2 is 1.52 bits per heavy atom. The van der Waals surface area contributed by atoms with Crippen LogP contribution in [0.1, 0.15) is 39.0 Å². The van der Waals surface area contributed by atoms with Gasteiger partial charge in [-0.05, 0) is 19.3 Å². The lowest BCUT2D eigenvalue weighted by atomic mass is 9.91. The van der Waals surface area contributed by atoms with Crippen LogP contribution >= 0.6 is 11.6 Å². The summed E-state index contributed by atoms with van der Waals surface area (Å²) in [5.74, 6) is 0.706. The summed E-state index contributed by atoms with van der Waals surface area (Å²) in [4.78, 5) is 2.46. The second kappa shape index (κ2) is 13.8. The molecule has 0 heterocycles. The normalized spacial score (nSPS) is 15.6. The van der Waals surface area contributed by atoms with Gasteiger partial charge in [-0.15, -0.1) is 11.6 Å². The van der Waals surface area contributed by atoms with Crippen LogP contribution in [-0.4, -0.2) is 69.6 Å². The van der Waals surface area contributed by atoms with Gasteiger partial charge >= 0.3 is 0 Å². The number of ether oxygens (including phenoxy) is 3. The quantitative estimate of drug-likeness (QED) is 0.343. The number of hydrogen-bond donors (Lipinski definition) is 0. The summed E-state index contributed by atoms with van der Waals surface area (Å²) in [6.45, 7) is 8.38. The second-order valence-corrected chi connectivity index (χ2v) is 5.88. The van der Waals surface area contributed by atoms with Crippen molar-refractivity contribution in [1.82, 2.24) is 4.90 Å². The summed E-state index contributed by atoms with van der Waals surface area (Å²) < 4.78 is 16.5. The first-order chi connectivity index (χ1) is 10.4. The lowest BCUT2D eigenvalue weighted by Crippen LogP contribution is -2.43. The van der Waals surface area contributed by atoms with E-state index in [1.807, 2.05) is 0 Å². The molecule has 0 spiro atoms. The molecule has 0 radical (unpaired) electrons. The Balaban J connectivity index is 1.82. The highest BCUT2D eigenvalue weighted by Crippen LogP contribution is 2.24. The van der Waals surface area contributed by atoms with E-state index in [9.17, 15) is 0 Å². The van der Waals surface area contributed by atoms with Crippen LogP contribution in [-0.2, 0) is 14.2 Å². The van der Waals surface area contributed by atoms with Crippen molar-refractivity contribution in [3.63, 3.8) is 0 Å². The van der Waals surface area contributed by atoms with Gasteiger partial charge in [-0.1, -0.05) is 19.8 Å². The Morgan fingerprint density at radius 1 is 0.905 bits per heavy atom. The Hall–Kier alpha value is 0.130. The standard InChI is InChI=1S/C16H32ClNO3/c1-2-3-10-19-12-14-21-15-13-20-11-9-18(8-7-17)16-5-4-6-16/h16H,2-15H2,1H3. The first kappa shape index (κ1) is 19.2. The average molecular weight is 322 g/mol. The van der Waals surface area contributed by atoms with Gasteiger partial charge in [0.15, 0.2) is 0 Å². The molecule has 0 unspecified atom stereocenters. The van der Waals surface area contributed by atoms with Gasteiger partial charge < -0.3 is 14.2 Å². The molecule has 0 amide bonds. The molecule has 1 fully saturated rings. The smallest absolute Gasteiger partial charge is 0.0701 e. The molecule has 0 aromatic carbocycles. The molecule has 5 heteroatoms. The zero-order valence-corrected chi connectivity index (χ0v) is 14.3. The zero-order valence-electron chi connectivity index (χ0n) is 13.5. The Labute approximate surface area is 135 Å². The van der Waals surface area contributed by atoms with Gasteiger partial charge in [0.25, 0.3) is 0 Å². The summed E-state index contributed by atoms with van der Waals surface area (Å²) in [5.41, 5.74) is 0. The van der Waals surface area contributed by atoms with E-state index in [0.717, 1.165) is 38.8 Å². The van der Waals surface area contributed by atoms with Crippen molar-refractivity contribution >= 4 is 11.6 Å². The van der Waals surface area contributed by atoms with Crippen molar-refractivity contribution in [1.29, 1.82) is 0 Å². The van der Waals surface area contributed by atoms with E-state index in [1.165, 1.54) is 25.7 Å². The Bertz CT molecular complexity index is 228. The number of nitrogens with zero attached hydrogens (tertiary/aromatic N) is 1. The van der Waals surface area contributed by atoms with Gasteiger partial charge in [-0.2, -0.15) is 0 Å². The summed E-state index contributed by atoms with van der Waals surface area (Å²) in [6.07, 6.45) is 6.30. The molecule has 0 N–H and O–H groups in total. The minimum atomic E-state index is 0.649. The molecule has 1 aliphatic carbocycles. The van der Waals surface area contributed by atoms with E-state index < -0.39 is 0 Å². The van der Waals surface area contributed by atoms with Gasteiger partial charge in [0.1, 0.15) is 0 Å².